The number of hydrogen-bond donors (Lipinski definition) is 2. The molecule has 1 spiro atoms. The lowest BCUT2D eigenvalue weighted by Gasteiger charge is -2.61. The summed E-state index contributed by atoms with van der Waals surface area (Å²) in [6.45, 7) is 10.6. The lowest BCUT2D eigenvalue weighted by molar-refractivity contribution is -0.168. The zero-order chi connectivity index (χ0) is 18.6. The Bertz CT molecular complexity index is 609. The Kier molecular flexibility index (Phi) is 6.16. The number of nitrogens with one attached hydrogen (secondary N) is 2. The minimum Gasteiger partial charge on any atom is -0.378 e. The van der Waals surface area contributed by atoms with E-state index in [1.807, 2.05) is 0 Å². The van der Waals surface area contributed by atoms with Gasteiger partial charge in [-0.2, -0.15) is 4.98 Å². The van der Waals surface area contributed by atoms with Gasteiger partial charge < -0.3 is 19.9 Å². The number of rotatable bonds is 8. The quantitative estimate of drug-likeness (QED) is 0.546. The number of nitrogens with zero attached hydrogens (tertiary/aromatic N) is 3. The van der Waals surface area contributed by atoms with Gasteiger partial charge in [-0.1, -0.05) is 25.4 Å². The summed E-state index contributed by atoms with van der Waals surface area (Å²) in [5.74, 6) is 2.58. The maximum absolute atomic E-state index is 5.94. The molecule has 26 heavy (non-hydrogen) atoms. The Labute approximate surface area is 156 Å². The highest BCUT2D eigenvalue weighted by Gasteiger charge is 2.59. The molecule has 0 aromatic carbocycles. The van der Waals surface area contributed by atoms with Gasteiger partial charge in [0.2, 0.25) is 5.89 Å². The average molecular weight is 364 g/mol. The van der Waals surface area contributed by atoms with Crippen molar-refractivity contribution in [2.75, 3.05) is 19.7 Å². The molecule has 3 rings (SSSR count). The van der Waals surface area contributed by atoms with Gasteiger partial charge in [-0.15, -0.1) is 0 Å². The molecular formula is C19H33N5O2. The predicted molar refractivity (Wildman–Crippen MR) is 101 cm³/mol. The topological polar surface area (TPSA) is 84.6 Å². The molecule has 2 saturated carbocycles. The van der Waals surface area contributed by atoms with Crippen molar-refractivity contribution in [1.82, 2.24) is 20.8 Å². The number of guanidine groups is 1. The van der Waals surface area contributed by atoms with Gasteiger partial charge in [-0.3, -0.25) is 4.99 Å². The third-order valence-electron chi connectivity index (χ3n) is 5.69. The molecule has 7 nitrogen and oxygen atoms in total. The second-order valence-corrected chi connectivity index (χ2v) is 7.67. The highest BCUT2D eigenvalue weighted by Crippen LogP contribution is 2.57. The summed E-state index contributed by atoms with van der Waals surface area (Å²) in [5, 5.41) is 11.0. The second-order valence-electron chi connectivity index (χ2n) is 7.67. The van der Waals surface area contributed by atoms with Crippen LogP contribution in [0.15, 0.2) is 9.52 Å². The minimum atomic E-state index is 0.283. The van der Waals surface area contributed by atoms with Crippen LogP contribution in [-0.2, 0) is 11.2 Å². The van der Waals surface area contributed by atoms with Crippen molar-refractivity contribution >= 4 is 5.96 Å². The number of ether oxygens (including phenoxy) is 1. The van der Waals surface area contributed by atoms with Crippen LogP contribution in [0.5, 0.6) is 0 Å². The highest BCUT2D eigenvalue weighted by atomic mass is 16.5. The third-order valence-corrected chi connectivity index (χ3v) is 5.69. The van der Waals surface area contributed by atoms with Crippen molar-refractivity contribution in [2.24, 2.45) is 10.4 Å². The lowest BCUT2D eigenvalue weighted by atomic mass is 9.51. The van der Waals surface area contributed by atoms with Crippen molar-refractivity contribution in [3.05, 3.63) is 11.7 Å². The van der Waals surface area contributed by atoms with Gasteiger partial charge in [-0.05, 0) is 33.1 Å². The largest absolute Gasteiger partial charge is 0.378 e. The Morgan fingerprint density at radius 2 is 2.19 bits per heavy atom. The van der Waals surface area contributed by atoms with E-state index >= 15 is 0 Å². The summed E-state index contributed by atoms with van der Waals surface area (Å²) in [5.41, 5.74) is 0.324. The first-order valence-electron chi connectivity index (χ1n) is 10.1. The maximum Gasteiger partial charge on any atom is 0.228 e. The molecule has 2 N–H and O–H groups in total. The molecule has 0 amide bonds. The molecule has 146 valence electrons. The van der Waals surface area contributed by atoms with Crippen LogP contribution in [0.25, 0.3) is 0 Å². The Balaban J connectivity index is 1.54. The zero-order valence-electron chi connectivity index (χ0n) is 16.5. The van der Waals surface area contributed by atoms with E-state index < -0.39 is 0 Å². The van der Waals surface area contributed by atoms with Crippen LogP contribution in [0, 0.1) is 5.41 Å². The molecule has 2 fully saturated rings. The van der Waals surface area contributed by atoms with E-state index in [0.29, 0.717) is 36.4 Å². The first-order valence-corrected chi connectivity index (χ1v) is 10.1. The Morgan fingerprint density at radius 3 is 2.77 bits per heavy atom. The molecule has 0 bridgehead atoms. The first kappa shape index (κ1) is 19.1. The first-order chi connectivity index (χ1) is 12.6. The fourth-order valence-electron chi connectivity index (χ4n) is 3.99. The molecule has 1 aromatic heterocycles. The summed E-state index contributed by atoms with van der Waals surface area (Å²) in [6.07, 6.45) is 5.97. The molecule has 0 aliphatic heterocycles. The zero-order valence-corrected chi connectivity index (χ0v) is 16.5. The molecule has 1 heterocycles. The second kappa shape index (κ2) is 8.37. The summed E-state index contributed by atoms with van der Waals surface area (Å²) < 4.78 is 11.2. The number of aliphatic imine (C=N–C) groups is 1. The Morgan fingerprint density at radius 1 is 1.38 bits per heavy atom. The van der Waals surface area contributed by atoms with Gasteiger partial charge >= 0.3 is 0 Å². The lowest BCUT2D eigenvalue weighted by Crippen LogP contribution is -2.68. The van der Waals surface area contributed by atoms with Gasteiger partial charge in [0.15, 0.2) is 11.8 Å². The van der Waals surface area contributed by atoms with E-state index in [0.717, 1.165) is 31.4 Å². The maximum atomic E-state index is 5.94. The van der Waals surface area contributed by atoms with E-state index in [9.17, 15) is 0 Å². The van der Waals surface area contributed by atoms with Crippen molar-refractivity contribution in [3.63, 3.8) is 0 Å². The molecule has 0 saturated heterocycles. The monoisotopic (exact) mass is 363 g/mol. The van der Waals surface area contributed by atoms with Crippen LogP contribution in [0.3, 0.4) is 0 Å². The smallest absolute Gasteiger partial charge is 0.228 e. The van der Waals surface area contributed by atoms with Crippen molar-refractivity contribution < 1.29 is 9.26 Å². The van der Waals surface area contributed by atoms with Crippen molar-refractivity contribution in [3.8, 4) is 0 Å². The van der Waals surface area contributed by atoms with E-state index in [4.69, 9.17) is 14.3 Å². The molecule has 2 aliphatic carbocycles. The number of hydrogen-bond acceptors (Lipinski definition) is 5. The van der Waals surface area contributed by atoms with Crippen molar-refractivity contribution in [2.45, 2.75) is 77.9 Å². The van der Waals surface area contributed by atoms with Gasteiger partial charge in [-0.25, -0.2) is 0 Å². The standard InChI is InChI=1S/C19H33N5O2/c1-5-20-18(21-11-8-16-23-17(13(3)4)24-26-16)22-14-12-15(25-6-2)19(14)9-7-10-19/h13-15H,5-12H2,1-4H3,(H2,20,21,22). The Hall–Kier alpha value is -1.63. The van der Waals surface area contributed by atoms with Crippen LogP contribution in [0.4, 0.5) is 0 Å². The molecule has 7 heteroatoms. The SMILES string of the molecule is CCNC(=NCCc1nc(C(C)C)no1)NC1CC(OCC)C12CCC2. The van der Waals surface area contributed by atoms with Gasteiger partial charge in [0.05, 0.1) is 12.6 Å². The van der Waals surface area contributed by atoms with E-state index in [1.165, 1.54) is 19.3 Å². The molecule has 0 radical (unpaired) electrons. The fraction of sp³-hybridized carbons (Fsp3) is 0.842. The van der Waals surface area contributed by atoms with Crippen LogP contribution in [0.2, 0.25) is 0 Å². The van der Waals surface area contributed by atoms with E-state index in [1.54, 1.807) is 0 Å². The normalized spacial score (nSPS) is 24.4. The molecule has 2 unspecified atom stereocenters. The average Bonchev–Trinajstić information content (AvgIpc) is 3.01. The summed E-state index contributed by atoms with van der Waals surface area (Å²) in [6, 6.07) is 0.460. The molecule has 2 aliphatic rings. The summed E-state index contributed by atoms with van der Waals surface area (Å²) in [7, 11) is 0. The van der Waals surface area contributed by atoms with Gasteiger partial charge in [0.25, 0.3) is 0 Å². The van der Waals surface area contributed by atoms with Crippen molar-refractivity contribution in [1.29, 1.82) is 0 Å². The molecule has 2 atom stereocenters. The summed E-state index contributed by atoms with van der Waals surface area (Å²) >= 11 is 0. The number of aromatic nitrogens is 2. The van der Waals surface area contributed by atoms with Crippen LogP contribution < -0.4 is 10.6 Å². The third kappa shape index (κ3) is 3.87. The van der Waals surface area contributed by atoms with Gasteiger partial charge in [0, 0.05) is 36.9 Å². The van der Waals surface area contributed by atoms with Crippen LogP contribution >= 0.6 is 0 Å². The van der Waals surface area contributed by atoms with Crippen LogP contribution in [-0.4, -0.2) is 47.9 Å². The highest BCUT2D eigenvalue weighted by molar-refractivity contribution is 5.80. The van der Waals surface area contributed by atoms with E-state index in [-0.39, 0.29) is 5.92 Å². The van der Waals surface area contributed by atoms with Crippen LogP contribution in [0.1, 0.15) is 71.0 Å². The minimum absolute atomic E-state index is 0.283. The van der Waals surface area contributed by atoms with E-state index in [2.05, 4.69) is 48.5 Å². The van der Waals surface area contributed by atoms with Gasteiger partial charge in [0.1, 0.15) is 0 Å². The predicted octanol–water partition coefficient (Wildman–Crippen LogP) is 2.64. The fourth-order valence-corrected chi connectivity index (χ4v) is 3.99. The summed E-state index contributed by atoms with van der Waals surface area (Å²) in [4.78, 5) is 9.12. The molecule has 1 aromatic rings. The molecular weight excluding hydrogens is 330 g/mol.